The van der Waals surface area contributed by atoms with Gasteiger partial charge in [-0.25, -0.2) is 0 Å². The first-order valence-corrected chi connectivity index (χ1v) is 7.45. The van der Waals surface area contributed by atoms with Gasteiger partial charge in [0, 0.05) is 27.6 Å². The first kappa shape index (κ1) is 14.6. The fraction of sp³-hybridized carbons (Fsp3) is 0.0909. The molecule has 0 radical (unpaired) electrons. The Morgan fingerprint density at radius 1 is 1.37 bits per heavy atom. The molecule has 0 aliphatic carbocycles. The van der Waals surface area contributed by atoms with E-state index in [1.165, 1.54) is 23.5 Å². The zero-order chi connectivity index (χ0) is 14.0. The normalized spacial score (nSPS) is 10.5. The summed E-state index contributed by atoms with van der Waals surface area (Å²) in [6.45, 7) is 0.536. The van der Waals surface area contributed by atoms with Crippen molar-refractivity contribution in [3.05, 3.63) is 53.1 Å². The van der Waals surface area contributed by atoms with Gasteiger partial charge in [-0.1, -0.05) is 23.2 Å². The number of nitrogens with zero attached hydrogens (tertiary/aromatic N) is 1. The summed E-state index contributed by atoms with van der Waals surface area (Å²) in [6, 6.07) is 6.51. The fourth-order valence-corrected chi connectivity index (χ4v) is 3.35. The van der Waals surface area contributed by atoms with Crippen LogP contribution in [-0.4, -0.2) is 4.92 Å². The van der Waals surface area contributed by atoms with Crippen LogP contribution in [0.2, 0.25) is 9.36 Å². The Bertz CT molecular complexity index is 614. The highest BCUT2D eigenvalue weighted by atomic mass is 79.9. The van der Waals surface area contributed by atoms with Crippen LogP contribution in [0.25, 0.3) is 0 Å². The lowest BCUT2D eigenvalue weighted by Crippen LogP contribution is -1.98. The van der Waals surface area contributed by atoms with Crippen LogP contribution in [0.4, 0.5) is 11.4 Å². The molecule has 1 heterocycles. The molecule has 0 bridgehead atoms. The van der Waals surface area contributed by atoms with E-state index in [-0.39, 0.29) is 10.7 Å². The van der Waals surface area contributed by atoms with E-state index >= 15 is 0 Å². The molecule has 0 aliphatic rings. The predicted molar refractivity (Wildman–Crippen MR) is 82.5 cm³/mol. The van der Waals surface area contributed by atoms with Gasteiger partial charge < -0.3 is 5.32 Å². The first-order chi connectivity index (χ1) is 8.97. The van der Waals surface area contributed by atoms with E-state index in [1.54, 1.807) is 6.07 Å². The third-order valence-electron chi connectivity index (χ3n) is 2.31. The average Bonchev–Trinajstić information content (AvgIpc) is 2.67. The largest absolute Gasteiger partial charge is 0.380 e. The maximum absolute atomic E-state index is 10.8. The number of thiophene rings is 1. The Kier molecular flexibility index (Phi) is 4.67. The Balaban J connectivity index is 2.11. The summed E-state index contributed by atoms with van der Waals surface area (Å²) in [6.07, 6.45) is 0. The van der Waals surface area contributed by atoms with Crippen molar-refractivity contribution in [2.45, 2.75) is 6.54 Å². The highest BCUT2D eigenvalue weighted by Crippen LogP contribution is 2.33. The minimum absolute atomic E-state index is 0.114. The van der Waals surface area contributed by atoms with Gasteiger partial charge in [0.2, 0.25) is 0 Å². The molecule has 1 aromatic carbocycles. The van der Waals surface area contributed by atoms with Gasteiger partial charge in [-0.2, -0.15) is 0 Å². The molecule has 4 nitrogen and oxygen atoms in total. The van der Waals surface area contributed by atoms with Gasteiger partial charge in [0.25, 0.3) is 5.69 Å². The minimum Gasteiger partial charge on any atom is -0.380 e. The molecule has 0 amide bonds. The summed E-state index contributed by atoms with van der Waals surface area (Å²) >= 11 is 16.4. The fourth-order valence-electron chi connectivity index (χ4n) is 1.43. The summed E-state index contributed by atoms with van der Waals surface area (Å²) in [5, 5.41) is 14.0. The Hall–Kier alpha value is -0.820. The lowest BCUT2D eigenvalue weighted by molar-refractivity contribution is -0.384. The number of anilines is 1. The van der Waals surface area contributed by atoms with Gasteiger partial charge in [-0.05, 0) is 34.1 Å². The maximum atomic E-state index is 10.8. The monoisotopic (exact) mass is 380 g/mol. The van der Waals surface area contributed by atoms with E-state index in [2.05, 4.69) is 21.2 Å². The van der Waals surface area contributed by atoms with Crippen molar-refractivity contribution in [1.29, 1.82) is 0 Å². The molecule has 0 aliphatic heterocycles. The molecule has 1 N–H and O–H groups in total. The number of nitrogens with one attached hydrogen (secondary N) is 1. The van der Waals surface area contributed by atoms with Crippen molar-refractivity contribution in [1.82, 2.24) is 0 Å². The molecule has 2 aromatic rings. The second kappa shape index (κ2) is 6.09. The molecule has 19 heavy (non-hydrogen) atoms. The van der Waals surface area contributed by atoms with Crippen LogP contribution < -0.4 is 5.32 Å². The number of hydrogen-bond acceptors (Lipinski definition) is 4. The highest BCUT2D eigenvalue weighted by molar-refractivity contribution is 9.10. The summed E-state index contributed by atoms with van der Waals surface area (Å²) in [4.78, 5) is 11.3. The number of hydrogen-bond donors (Lipinski definition) is 1. The third-order valence-corrected chi connectivity index (χ3v) is 5.10. The molecule has 8 heteroatoms. The molecule has 2 rings (SSSR count). The van der Waals surface area contributed by atoms with Gasteiger partial charge in [-0.15, -0.1) is 11.3 Å². The van der Waals surface area contributed by atoms with Crippen molar-refractivity contribution in [2.75, 3.05) is 5.32 Å². The number of rotatable bonds is 4. The zero-order valence-electron chi connectivity index (χ0n) is 9.32. The van der Waals surface area contributed by atoms with E-state index in [0.29, 0.717) is 16.6 Å². The van der Waals surface area contributed by atoms with Gasteiger partial charge in [-0.3, -0.25) is 10.1 Å². The molecule has 100 valence electrons. The van der Waals surface area contributed by atoms with Gasteiger partial charge in [0.05, 0.1) is 4.92 Å². The van der Waals surface area contributed by atoms with Crippen molar-refractivity contribution in [3.8, 4) is 0 Å². The predicted octanol–water partition coefficient (Wildman–Crippen LogP) is 5.34. The summed E-state index contributed by atoms with van der Waals surface area (Å²) in [5.41, 5.74) is 0.522. The summed E-state index contributed by atoms with van der Waals surface area (Å²) in [5.74, 6) is 0. The highest BCUT2D eigenvalue weighted by Gasteiger charge is 2.12. The smallest absolute Gasteiger partial charge is 0.289 e. The quantitative estimate of drug-likeness (QED) is 0.574. The van der Waals surface area contributed by atoms with Crippen molar-refractivity contribution < 1.29 is 4.92 Å². The van der Waals surface area contributed by atoms with Crippen molar-refractivity contribution >= 4 is 61.8 Å². The summed E-state index contributed by atoms with van der Waals surface area (Å²) in [7, 11) is 0. The van der Waals surface area contributed by atoms with Crippen LogP contribution in [0.1, 0.15) is 4.88 Å². The molecule has 0 saturated carbocycles. The van der Waals surface area contributed by atoms with Gasteiger partial charge in [0.15, 0.2) is 0 Å². The van der Waals surface area contributed by atoms with Crippen molar-refractivity contribution in [2.24, 2.45) is 0 Å². The molecular formula is C11H7BrCl2N2O2S. The lowest BCUT2D eigenvalue weighted by atomic mass is 10.2. The number of halogens is 3. The van der Waals surface area contributed by atoms with Crippen molar-refractivity contribution in [3.63, 3.8) is 0 Å². The SMILES string of the molecule is O=[N+]([O-])c1cc(NCc2cc(Br)c(Cl)s2)ccc1Cl. The Morgan fingerprint density at radius 3 is 2.68 bits per heavy atom. The second-order valence-electron chi connectivity index (χ2n) is 3.61. The van der Waals surface area contributed by atoms with Crippen LogP contribution >= 0.6 is 50.5 Å². The van der Waals surface area contributed by atoms with Gasteiger partial charge >= 0.3 is 0 Å². The standard InChI is InChI=1S/C11H7BrCl2N2O2S/c12-8-4-7(19-11(8)14)5-15-6-1-2-9(13)10(3-6)16(17)18/h1-4,15H,5H2. The number of nitro groups is 1. The molecule has 0 fully saturated rings. The molecule has 0 unspecified atom stereocenters. The third kappa shape index (κ3) is 3.60. The topological polar surface area (TPSA) is 55.2 Å². The maximum Gasteiger partial charge on any atom is 0.289 e. The Labute approximate surface area is 131 Å². The van der Waals surface area contributed by atoms with Gasteiger partial charge in [0.1, 0.15) is 9.36 Å². The number of nitro benzene ring substituents is 1. The van der Waals surface area contributed by atoms with E-state index in [4.69, 9.17) is 23.2 Å². The minimum atomic E-state index is -0.508. The zero-order valence-corrected chi connectivity index (χ0v) is 13.2. The van der Waals surface area contributed by atoms with Crippen LogP contribution in [0.3, 0.4) is 0 Å². The molecular weight excluding hydrogens is 375 g/mol. The molecule has 0 saturated heterocycles. The van der Waals surface area contributed by atoms with E-state index < -0.39 is 4.92 Å². The van der Waals surface area contributed by atoms with E-state index in [1.807, 2.05) is 6.07 Å². The molecule has 0 atom stereocenters. The van der Waals surface area contributed by atoms with Crippen LogP contribution in [0, 0.1) is 10.1 Å². The molecule has 1 aromatic heterocycles. The summed E-state index contributed by atoms with van der Waals surface area (Å²) < 4.78 is 1.52. The number of benzene rings is 1. The average molecular weight is 382 g/mol. The Morgan fingerprint density at radius 2 is 2.11 bits per heavy atom. The van der Waals surface area contributed by atoms with Crippen LogP contribution in [-0.2, 0) is 6.54 Å². The van der Waals surface area contributed by atoms with E-state index in [0.717, 1.165) is 9.35 Å². The molecule has 0 spiro atoms. The lowest BCUT2D eigenvalue weighted by Gasteiger charge is -2.05. The second-order valence-corrected chi connectivity index (χ2v) is 6.61. The first-order valence-electron chi connectivity index (χ1n) is 5.09. The van der Waals surface area contributed by atoms with Crippen LogP contribution in [0.15, 0.2) is 28.7 Å². The van der Waals surface area contributed by atoms with Crippen LogP contribution in [0.5, 0.6) is 0 Å². The van der Waals surface area contributed by atoms with E-state index in [9.17, 15) is 10.1 Å².